The Kier molecular flexibility index (Phi) is 11.3. The van der Waals surface area contributed by atoms with Crippen LogP contribution in [0, 0.1) is 0 Å². The number of aliphatic carboxylic acids is 1. The molecule has 1 N–H and O–H groups in total. The Labute approximate surface area is 130 Å². The molecule has 4 nitrogen and oxygen atoms in total. The summed E-state index contributed by atoms with van der Waals surface area (Å²) in [6, 6.07) is 0. The highest BCUT2D eigenvalue weighted by molar-refractivity contribution is 5.64. The number of aliphatic hydroxyl groups excluding tert-OH is 1. The molecule has 0 rings (SSSR count). The van der Waals surface area contributed by atoms with E-state index in [0.717, 1.165) is 51.6 Å². The van der Waals surface area contributed by atoms with Crippen molar-refractivity contribution in [2.24, 2.45) is 0 Å². The Morgan fingerprint density at radius 1 is 1.24 bits per heavy atom. The standard InChI is InChI=1S/C17H33NO3/c1-4-7-8-9-10-16(19)15-18(12-5-2,13-6-3)14-11-17(20)21/h4,16,19H,1,5-15H2,2-3H3. The number of allylic oxidation sites excluding steroid dienone is 1. The van der Waals surface area contributed by atoms with Gasteiger partial charge in [-0.05, 0) is 32.1 Å². The van der Waals surface area contributed by atoms with Gasteiger partial charge in [0.2, 0.25) is 0 Å². The third kappa shape index (κ3) is 9.64. The van der Waals surface area contributed by atoms with Crippen LogP contribution >= 0.6 is 0 Å². The average molecular weight is 299 g/mol. The van der Waals surface area contributed by atoms with Crippen LogP contribution in [0.5, 0.6) is 0 Å². The number of nitrogens with zero attached hydrogens (tertiary/aromatic N) is 1. The predicted octanol–water partition coefficient (Wildman–Crippen LogP) is 1.87. The van der Waals surface area contributed by atoms with Gasteiger partial charge in [-0.1, -0.05) is 26.3 Å². The Balaban J connectivity index is 4.52. The van der Waals surface area contributed by atoms with Crippen molar-refractivity contribution in [3.63, 3.8) is 0 Å². The summed E-state index contributed by atoms with van der Waals surface area (Å²) >= 11 is 0. The van der Waals surface area contributed by atoms with E-state index in [1.165, 1.54) is 0 Å². The lowest BCUT2D eigenvalue weighted by atomic mass is 10.1. The second-order valence-corrected chi connectivity index (χ2v) is 6.04. The maximum Gasteiger partial charge on any atom is 0.105 e. The number of hydrogen-bond acceptors (Lipinski definition) is 3. The maximum atomic E-state index is 10.8. The summed E-state index contributed by atoms with van der Waals surface area (Å²) in [4.78, 5) is 10.8. The molecule has 0 fully saturated rings. The van der Waals surface area contributed by atoms with E-state index in [1.807, 2.05) is 6.08 Å². The third-order valence-corrected chi connectivity index (χ3v) is 3.98. The highest BCUT2D eigenvalue weighted by Crippen LogP contribution is 2.16. The molecule has 0 saturated heterocycles. The van der Waals surface area contributed by atoms with Crippen LogP contribution in [-0.2, 0) is 4.79 Å². The fraction of sp³-hybridized carbons (Fsp3) is 0.824. The lowest BCUT2D eigenvalue weighted by Crippen LogP contribution is -2.54. The summed E-state index contributed by atoms with van der Waals surface area (Å²) in [5.41, 5.74) is 0. The number of unbranched alkanes of at least 4 members (excludes halogenated alkanes) is 2. The minimum atomic E-state index is -0.995. The second-order valence-electron chi connectivity index (χ2n) is 6.04. The van der Waals surface area contributed by atoms with Crippen LogP contribution in [0.2, 0.25) is 0 Å². The number of carbonyl (C=O) groups excluding carboxylic acids is 1. The van der Waals surface area contributed by atoms with Gasteiger partial charge >= 0.3 is 0 Å². The van der Waals surface area contributed by atoms with Gasteiger partial charge in [0.15, 0.2) is 0 Å². The van der Waals surface area contributed by atoms with E-state index < -0.39 is 5.97 Å². The summed E-state index contributed by atoms with van der Waals surface area (Å²) in [6.07, 6.45) is 7.44. The zero-order chi connectivity index (χ0) is 16.1. The fourth-order valence-corrected chi connectivity index (χ4v) is 3.09. The summed E-state index contributed by atoms with van der Waals surface area (Å²) in [7, 11) is 0. The summed E-state index contributed by atoms with van der Waals surface area (Å²) in [6.45, 7) is 11.0. The van der Waals surface area contributed by atoms with Crippen LogP contribution < -0.4 is 5.11 Å². The number of carboxylic acid groups (broad SMARTS) is 1. The van der Waals surface area contributed by atoms with Gasteiger partial charge in [-0.2, -0.15) is 0 Å². The average Bonchev–Trinajstić information content (AvgIpc) is 2.42. The van der Waals surface area contributed by atoms with E-state index in [2.05, 4.69) is 20.4 Å². The van der Waals surface area contributed by atoms with Gasteiger partial charge in [0.1, 0.15) is 12.6 Å². The molecule has 0 aliphatic heterocycles. The number of quaternary nitrogens is 1. The van der Waals surface area contributed by atoms with Crippen LogP contribution in [0.4, 0.5) is 0 Å². The van der Waals surface area contributed by atoms with Crippen molar-refractivity contribution in [1.29, 1.82) is 0 Å². The van der Waals surface area contributed by atoms with Crippen molar-refractivity contribution < 1.29 is 19.5 Å². The third-order valence-electron chi connectivity index (χ3n) is 3.98. The molecule has 0 heterocycles. The second kappa shape index (κ2) is 11.8. The van der Waals surface area contributed by atoms with Gasteiger partial charge in [0, 0.05) is 12.4 Å². The van der Waals surface area contributed by atoms with Gasteiger partial charge in [0.05, 0.1) is 19.6 Å². The first-order valence-electron chi connectivity index (χ1n) is 8.33. The lowest BCUT2D eigenvalue weighted by Gasteiger charge is -2.40. The van der Waals surface area contributed by atoms with Crippen LogP contribution in [-0.4, -0.2) is 47.8 Å². The van der Waals surface area contributed by atoms with E-state index in [1.54, 1.807) is 0 Å². The highest BCUT2D eigenvalue weighted by Gasteiger charge is 2.28. The van der Waals surface area contributed by atoms with Gasteiger partial charge < -0.3 is 19.5 Å². The molecule has 21 heavy (non-hydrogen) atoms. The summed E-state index contributed by atoms with van der Waals surface area (Å²) in [5.74, 6) is -0.995. The van der Waals surface area contributed by atoms with E-state index in [4.69, 9.17) is 0 Å². The molecule has 1 atom stereocenters. The molecule has 1 unspecified atom stereocenters. The number of aliphatic hydroxyl groups is 1. The van der Waals surface area contributed by atoms with Crippen molar-refractivity contribution in [2.45, 2.75) is 64.9 Å². The summed E-state index contributed by atoms with van der Waals surface area (Å²) < 4.78 is 0.698. The zero-order valence-electron chi connectivity index (χ0n) is 13.9. The Morgan fingerprint density at radius 3 is 2.33 bits per heavy atom. The van der Waals surface area contributed by atoms with Gasteiger partial charge in [-0.15, -0.1) is 6.58 Å². The minimum Gasteiger partial charge on any atom is -0.550 e. The molecule has 0 aromatic rings. The first-order valence-corrected chi connectivity index (χ1v) is 8.33. The van der Waals surface area contributed by atoms with Gasteiger partial charge in [-0.25, -0.2) is 0 Å². The molecule has 4 heteroatoms. The molecule has 0 amide bonds. The van der Waals surface area contributed by atoms with Crippen LogP contribution in [0.3, 0.4) is 0 Å². The first kappa shape index (κ1) is 20.1. The highest BCUT2D eigenvalue weighted by atomic mass is 16.4. The van der Waals surface area contributed by atoms with Gasteiger partial charge in [0.25, 0.3) is 0 Å². The van der Waals surface area contributed by atoms with Crippen LogP contribution in [0.1, 0.15) is 58.8 Å². The molecule has 0 saturated carbocycles. The lowest BCUT2D eigenvalue weighted by molar-refractivity contribution is -0.930. The van der Waals surface area contributed by atoms with Crippen molar-refractivity contribution >= 4 is 5.97 Å². The largest absolute Gasteiger partial charge is 0.550 e. The SMILES string of the molecule is C=CCCCCC(O)C[N+](CCC)(CCC)CCC(=O)[O-]. The zero-order valence-corrected chi connectivity index (χ0v) is 13.9. The topological polar surface area (TPSA) is 60.4 Å². The minimum absolute atomic E-state index is 0.0726. The normalized spacial score (nSPS) is 13.1. The van der Waals surface area contributed by atoms with Crippen molar-refractivity contribution in [3.8, 4) is 0 Å². The molecular formula is C17H33NO3. The van der Waals surface area contributed by atoms with Crippen LogP contribution in [0.25, 0.3) is 0 Å². The molecule has 124 valence electrons. The predicted molar refractivity (Wildman–Crippen MR) is 84.6 cm³/mol. The maximum absolute atomic E-state index is 10.8. The number of carbonyl (C=O) groups is 1. The van der Waals surface area contributed by atoms with Crippen molar-refractivity contribution in [3.05, 3.63) is 12.7 Å². The number of carboxylic acids is 1. The monoisotopic (exact) mass is 299 g/mol. The Hall–Kier alpha value is -0.870. The molecule has 0 aromatic heterocycles. The van der Waals surface area contributed by atoms with Crippen molar-refractivity contribution in [1.82, 2.24) is 0 Å². The summed E-state index contributed by atoms with van der Waals surface area (Å²) in [5, 5.41) is 21.1. The Bertz CT molecular complexity index is 286. The number of rotatable bonds is 14. The smallest absolute Gasteiger partial charge is 0.105 e. The molecule has 0 radical (unpaired) electrons. The van der Waals surface area contributed by atoms with Gasteiger partial charge in [-0.3, -0.25) is 0 Å². The molecular weight excluding hydrogens is 266 g/mol. The molecule has 0 bridgehead atoms. The molecule has 0 aliphatic carbocycles. The number of hydrogen-bond donors (Lipinski definition) is 1. The van der Waals surface area contributed by atoms with Crippen molar-refractivity contribution in [2.75, 3.05) is 26.2 Å². The van der Waals surface area contributed by atoms with E-state index in [9.17, 15) is 15.0 Å². The first-order chi connectivity index (χ1) is 9.99. The molecule has 0 aromatic carbocycles. The van der Waals surface area contributed by atoms with Crippen LogP contribution in [0.15, 0.2) is 12.7 Å². The molecule has 0 aliphatic rings. The van der Waals surface area contributed by atoms with E-state index in [-0.39, 0.29) is 12.5 Å². The van der Waals surface area contributed by atoms with E-state index in [0.29, 0.717) is 17.6 Å². The Morgan fingerprint density at radius 2 is 1.86 bits per heavy atom. The fourth-order valence-electron chi connectivity index (χ4n) is 3.09. The quantitative estimate of drug-likeness (QED) is 0.303. The van der Waals surface area contributed by atoms with E-state index >= 15 is 0 Å². The molecule has 0 spiro atoms.